The Morgan fingerprint density at radius 3 is 1.68 bits per heavy atom. The molecule has 0 aliphatic heterocycles. The highest BCUT2D eigenvalue weighted by Gasteiger charge is 2.25. The van der Waals surface area contributed by atoms with Crippen LogP contribution in [0.4, 0.5) is 0 Å². The second kappa shape index (κ2) is 28.5. The minimum Gasteiger partial charge on any atom is -0.544 e. The molecule has 0 heterocycles. The highest BCUT2D eigenvalue weighted by atomic mass is 16.6. The molecule has 0 aromatic rings. The molecule has 0 aliphatic rings. The number of carboxylic acid groups (broad SMARTS) is 1. The first-order chi connectivity index (χ1) is 21.1. The Morgan fingerprint density at radius 1 is 0.659 bits per heavy atom. The number of quaternary nitrogens is 1. The zero-order valence-electron chi connectivity index (χ0n) is 29.1. The van der Waals surface area contributed by atoms with E-state index in [9.17, 15) is 19.5 Å². The lowest BCUT2D eigenvalue weighted by atomic mass is 10.1. The van der Waals surface area contributed by atoms with Crippen molar-refractivity contribution in [3.8, 4) is 0 Å². The predicted molar refractivity (Wildman–Crippen MR) is 176 cm³/mol. The van der Waals surface area contributed by atoms with E-state index in [1.54, 1.807) is 21.1 Å². The molecule has 0 saturated carbocycles. The van der Waals surface area contributed by atoms with Crippen LogP contribution >= 0.6 is 0 Å². The fourth-order valence-electron chi connectivity index (χ4n) is 5.06. The monoisotopic (exact) mass is 625 g/mol. The summed E-state index contributed by atoms with van der Waals surface area (Å²) in [5, 5.41) is 11.5. The van der Waals surface area contributed by atoms with Crippen molar-refractivity contribution < 1.29 is 38.2 Å². The molecule has 0 amide bonds. The fraction of sp³-hybridized carbons (Fsp3) is 0.861. The van der Waals surface area contributed by atoms with Crippen LogP contribution in [0.3, 0.4) is 0 Å². The molecule has 2 unspecified atom stereocenters. The lowest BCUT2D eigenvalue weighted by Crippen LogP contribution is -2.55. The van der Waals surface area contributed by atoms with E-state index in [4.69, 9.17) is 14.2 Å². The third-order valence-electron chi connectivity index (χ3n) is 7.90. The van der Waals surface area contributed by atoms with Crippen LogP contribution in [0.25, 0.3) is 0 Å². The topological polar surface area (TPSA) is 102 Å². The van der Waals surface area contributed by atoms with Crippen molar-refractivity contribution in [1.29, 1.82) is 0 Å². The first kappa shape index (κ1) is 42.1. The molecule has 0 rings (SSSR count). The molecular weight excluding hydrogens is 558 g/mol. The summed E-state index contributed by atoms with van der Waals surface area (Å²) in [7, 11) is 5.38. The zero-order chi connectivity index (χ0) is 32.9. The molecule has 0 saturated heterocycles. The van der Waals surface area contributed by atoms with E-state index in [1.165, 1.54) is 77.0 Å². The zero-order valence-corrected chi connectivity index (χ0v) is 29.1. The van der Waals surface area contributed by atoms with Crippen molar-refractivity contribution in [3.63, 3.8) is 0 Å². The Hall–Kier alpha value is -1.93. The van der Waals surface area contributed by atoms with Crippen LogP contribution < -0.4 is 5.11 Å². The molecule has 258 valence electrons. The number of allylic oxidation sites excluding steroid dienone is 2. The first-order valence-corrected chi connectivity index (χ1v) is 17.7. The summed E-state index contributed by atoms with van der Waals surface area (Å²) in [6, 6.07) is -0.719. The van der Waals surface area contributed by atoms with Crippen LogP contribution in [-0.2, 0) is 28.6 Å². The van der Waals surface area contributed by atoms with Gasteiger partial charge in [0, 0.05) is 19.3 Å². The summed E-state index contributed by atoms with van der Waals surface area (Å²) >= 11 is 0. The van der Waals surface area contributed by atoms with Crippen molar-refractivity contribution in [3.05, 3.63) is 12.2 Å². The van der Waals surface area contributed by atoms with E-state index >= 15 is 0 Å². The molecule has 0 spiro atoms. The standard InChI is InChI=1S/C36H67NO7/c1-6-8-10-11-12-13-14-15-16-17-18-19-20-21-22-23-25-27-35(39)44-32(31-43-34(38)26-24-9-7-2)30-42-29-28-33(36(40)41)37(3,4)5/h15-16,32-33H,6-14,17-31H2,1-5H3/b16-15-. The number of hydrogen-bond donors (Lipinski definition) is 0. The summed E-state index contributed by atoms with van der Waals surface area (Å²) < 4.78 is 16.8. The maximum atomic E-state index is 12.5. The van der Waals surface area contributed by atoms with Gasteiger partial charge >= 0.3 is 11.9 Å². The molecule has 0 radical (unpaired) electrons. The van der Waals surface area contributed by atoms with Crippen molar-refractivity contribution in [2.45, 2.75) is 161 Å². The van der Waals surface area contributed by atoms with Crippen molar-refractivity contribution >= 4 is 17.9 Å². The first-order valence-electron chi connectivity index (χ1n) is 17.7. The second-order valence-corrected chi connectivity index (χ2v) is 13.1. The minimum atomic E-state index is -1.13. The number of carbonyl (C=O) groups excluding carboxylic acids is 3. The molecule has 2 atom stereocenters. The molecule has 0 aliphatic carbocycles. The summed E-state index contributed by atoms with van der Waals surface area (Å²) in [4.78, 5) is 36.1. The van der Waals surface area contributed by atoms with Gasteiger partial charge in [-0.25, -0.2) is 0 Å². The lowest BCUT2D eigenvalue weighted by molar-refractivity contribution is -0.889. The smallest absolute Gasteiger partial charge is 0.306 e. The summed E-state index contributed by atoms with van der Waals surface area (Å²) in [6.45, 7) is 4.47. The van der Waals surface area contributed by atoms with Gasteiger partial charge in [-0.3, -0.25) is 9.59 Å². The summed E-state index contributed by atoms with van der Waals surface area (Å²) in [5.74, 6) is -1.77. The Kier molecular flexibility index (Phi) is 27.3. The van der Waals surface area contributed by atoms with Crippen molar-refractivity contribution in [1.82, 2.24) is 0 Å². The van der Waals surface area contributed by atoms with E-state index in [0.717, 1.165) is 38.5 Å². The van der Waals surface area contributed by atoms with Crippen molar-refractivity contribution in [2.75, 3.05) is 41.0 Å². The van der Waals surface area contributed by atoms with Gasteiger partial charge in [0.1, 0.15) is 12.6 Å². The third-order valence-corrected chi connectivity index (χ3v) is 7.90. The molecule has 0 N–H and O–H groups in total. The number of carbonyl (C=O) groups is 3. The highest BCUT2D eigenvalue weighted by Crippen LogP contribution is 2.13. The summed E-state index contributed by atoms with van der Waals surface area (Å²) in [5.41, 5.74) is 0. The van der Waals surface area contributed by atoms with Crippen LogP contribution in [0.15, 0.2) is 12.2 Å². The average molecular weight is 626 g/mol. The minimum absolute atomic E-state index is 0.0408. The highest BCUT2D eigenvalue weighted by molar-refractivity contribution is 5.70. The van der Waals surface area contributed by atoms with Gasteiger partial charge in [0.15, 0.2) is 6.10 Å². The predicted octanol–water partition coefficient (Wildman–Crippen LogP) is 7.07. The van der Waals surface area contributed by atoms with Gasteiger partial charge in [-0.2, -0.15) is 0 Å². The van der Waals surface area contributed by atoms with E-state index in [0.29, 0.717) is 12.8 Å². The molecule has 8 heteroatoms. The van der Waals surface area contributed by atoms with Crippen LogP contribution in [-0.4, -0.2) is 75.5 Å². The largest absolute Gasteiger partial charge is 0.544 e. The number of ether oxygens (including phenoxy) is 3. The van der Waals surface area contributed by atoms with Gasteiger partial charge < -0.3 is 28.6 Å². The number of esters is 2. The van der Waals surface area contributed by atoms with Crippen LogP contribution in [0.5, 0.6) is 0 Å². The molecule has 0 aromatic carbocycles. The number of aliphatic carboxylic acids is 1. The quantitative estimate of drug-likeness (QED) is 0.0351. The van der Waals surface area contributed by atoms with Crippen molar-refractivity contribution in [2.24, 2.45) is 0 Å². The number of nitrogens with zero attached hydrogens (tertiary/aromatic N) is 1. The van der Waals surface area contributed by atoms with Gasteiger partial charge in [0.05, 0.1) is 40.3 Å². The molecule has 8 nitrogen and oxygen atoms in total. The third kappa shape index (κ3) is 26.5. The second-order valence-electron chi connectivity index (χ2n) is 13.1. The molecule has 44 heavy (non-hydrogen) atoms. The van der Waals surface area contributed by atoms with Crippen LogP contribution in [0.2, 0.25) is 0 Å². The normalized spacial score (nSPS) is 13.2. The molecule has 0 fully saturated rings. The van der Waals surface area contributed by atoms with E-state index in [2.05, 4.69) is 26.0 Å². The Labute approximate surface area is 269 Å². The van der Waals surface area contributed by atoms with Gasteiger partial charge in [-0.1, -0.05) is 103 Å². The van der Waals surface area contributed by atoms with Crippen LogP contribution in [0, 0.1) is 0 Å². The van der Waals surface area contributed by atoms with Crippen LogP contribution in [0.1, 0.15) is 149 Å². The van der Waals surface area contributed by atoms with Gasteiger partial charge in [0.25, 0.3) is 0 Å². The molecular formula is C36H67NO7. The lowest BCUT2D eigenvalue weighted by Gasteiger charge is -2.34. The Morgan fingerprint density at radius 2 is 1.14 bits per heavy atom. The fourth-order valence-corrected chi connectivity index (χ4v) is 5.06. The van der Waals surface area contributed by atoms with Gasteiger partial charge in [-0.05, 0) is 38.5 Å². The number of carboxylic acids is 1. The molecule has 0 aromatic heterocycles. The average Bonchev–Trinajstić information content (AvgIpc) is 2.96. The number of likely N-dealkylation sites (N-methyl/N-ethyl adjacent to an activating group) is 1. The van der Waals surface area contributed by atoms with E-state index in [-0.39, 0.29) is 42.7 Å². The molecule has 0 bridgehead atoms. The van der Waals surface area contributed by atoms with Gasteiger partial charge in [0.2, 0.25) is 0 Å². The summed E-state index contributed by atoms with van der Waals surface area (Å²) in [6.07, 6.45) is 25.9. The number of unbranched alkanes of at least 4 members (excludes halogenated alkanes) is 15. The van der Waals surface area contributed by atoms with E-state index < -0.39 is 18.1 Å². The Balaban J connectivity index is 4.20. The Bertz CT molecular complexity index is 747. The van der Waals surface area contributed by atoms with Gasteiger partial charge in [-0.15, -0.1) is 0 Å². The number of hydrogen-bond acceptors (Lipinski definition) is 7. The SMILES string of the molecule is CCCCCCCC/C=C\CCCCCCCCCC(=O)OC(COCCC(C(=O)[O-])[N+](C)(C)C)COC(=O)CCCCC. The van der Waals surface area contributed by atoms with E-state index in [1.807, 2.05) is 0 Å². The maximum Gasteiger partial charge on any atom is 0.306 e. The number of rotatable bonds is 31. The maximum absolute atomic E-state index is 12.5.